The highest BCUT2D eigenvalue weighted by atomic mass is 79.9. The van der Waals surface area contributed by atoms with Gasteiger partial charge >= 0.3 is 0 Å². The first-order chi connectivity index (χ1) is 9.90. The Labute approximate surface area is 146 Å². The van der Waals surface area contributed by atoms with Crippen LogP contribution in [0.3, 0.4) is 0 Å². The van der Waals surface area contributed by atoms with Gasteiger partial charge < -0.3 is 20.5 Å². The van der Waals surface area contributed by atoms with Crippen molar-refractivity contribution in [2.75, 3.05) is 20.8 Å². The van der Waals surface area contributed by atoms with Crippen LogP contribution in [0, 0.1) is 0 Å². The lowest BCUT2D eigenvalue weighted by molar-refractivity contribution is 0.0941. The zero-order valence-electron chi connectivity index (χ0n) is 13.4. The van der Waals surface area contributed by atoms with Crippen molar-refractivity contribution in [2.45, 2.75) is 32.2 Å². The van der Waals surface area contributed by atoms with Crippen LogP contribution in [-0.4, -0.2) is 32.2 Å². The number of amides is 1. The minimum absolute atomic E-state index is 0. The first-order valence-corrected chi connectivity index (χ1v) is 7.68. The SMILES string of the molecule is CCC(N)(CC)CNC(=O)c1cc(OC)c(Br)c(OC)c1.Cl. The second-order valence-electron chi connectivity index (χ2n) is 4.95. The van der Waals surface area contributed by atoms with Gasteiger partial charge in [-0.1, -0.05) is 13.8 Å². The smallest absolute Gasteiger partial charge is 0.251 e. The molecule has 0 unspecified atom stereocenters. The van der Waals surface area contributed by atoms with E-state index in [1.165, 1.54) is 0 Å². The molecule has 0 aromatic heterocycles. The highest BCUT2D eigenvalue weighted by Crippen LogP contribution is 2.35. The molecule has 7 heteroatoms. The van der Waals surface area contributed by atoms with Gasteiger partial charge in [-0.3, -0.25) is 4.79 Å². The van der Waals surface area contributed by atoms with Crippen molar-refractivity contribution in [1.82, 2.24) is 5.32 Å². The Hall–Kier alpha value is -0.980. The maximum Gasteiger partial charge on any atom is 0.251 e. The molecule has 0 bridgehead atoms. The van der Waals surface area contributed by atoms with Gasteiger partial charge in [0.25, 0.3) is 5.91 Å². The van der Waals surface area contributed by atoms with Crippen LogP contribution in [0.1, 0.15) is 37.0 Å². The zero-order chi connectivity index (χ0) is 16.0. The van der Waals surface area contributed by atoms with Crippen LogP contribution in [0.15, 0.2) is 16.6 Å². The van der Waals surface area contributed by atoms with Crippen molar-refractivity contribution >= 4 is 34.2 Å². The number of ether oxygens (including phenoxy) is 2. The zero-order valence-corrected chi connectivity index (χ0v) is 15.8. The van der Waals surface area contributed by atoms with Gasteiger partial charge in [0.15, 0.2) is 0 Å². The van der Waals surface area contributed by atoms with Crippen LogP contribution in [0.4, 0.5) is 0 Å². The molecular formula is C15H24BrClN2O3. The third-order valence-electron chi connectivity index (χ3n) is 3.72. The molecule has 0 atom stereocenters. The van der Waals surface area contributed by atoms with Gasteiger partial charge in [-0.15, -0.1) is 12.4 Å². The molecule has 0 radical (unpaired) electrons. The van der Waals surface area contributed by atoms with Crippen LogP contribution in [0.25, 0.3) is 0 Å². The molecule has 5 nitrogen and oxygen atoms in total. The van der Waals surface area contributed by atoms with Gasteiger partial charge in [0.05, 0.1) is 14.2 Å². The average Bonchev–Trinajstić information content (AvgIpc) is 2.52. The van der Waals surface area contributed by atoms with E-state index in [1.807, 2.05) is 13.8 Å². The molecule has 1 aromatic carbocycles. The van der Waals surface area contributed by atoms with Gasteiger partial charge in [0.2, 0.25) is 0 Å². The molecule has 1 aromatic rings. The van der Waals surface area contributed by atoms with Gasteiger partial charge in [-0.2, -0.15) is 0 Å². The fourth-order valence-electron chi connectivity index (χ4n) is 1.86. The molecule has 22 heavy (non-hydrogen) atoms. The number of nitrogens with one attached hydrogen (secondary N) is 1. The van der Waals surface area contributed by atoms with Gasteiger partial charge in [0.1, 0.15) is 16.0 Å². The van der Waals surface area contributed by atoms with Crippen LogP contribution in [0.5, 0.6) is 11.5 Å². The molecule has 3 N–H and O–H groups in total. The molecule has 126 valence electrons. The summed E-state index contributed by atoms with van der Waals surface area (Å²) in [5.74, 6) is 0.893. The van der Waals surface area contributed by atoms with Gasteiger partial charge in [-0.05, 0) is 40.9 Å². The van der Waals surface area contributed by atoms with E-state index in [2.05, 4.69) is 21.2 Å². The van der Waals surface area contributed by atoms with Gasteiger partial charge in [-0.25, -0.2) is 0 Å². The van der Waals surface area contributed by atoms with Crippen molar-refractivity contribution in [1.29, 1.82) is 0 Å². The number of nitrogens with two attached hydrogens (primary N) is 1. The molecule has 0 fully saturated rings. The number of carbonyl (C=O) groups excluding carboxylic acids is 1. The van der Waals surface area contributed by atoms with Crippen LogP contribution in [0.2, 0.25) is 0 Å². The van der Waals surface area contributed by atoms with Crippen molar-refractivity contribution in [3.8, 4) is 11.5 Å². The molecule has 0 aliphatic heterocycles. The number of benzene rings is 1. The summed E-state index contributed by atoms with van der Waals surface area (Å²) in [5, 5.41) is 2.87. The second kappa shape index (κ2) is 9.22. The molecule has 1 rings (SSSR count). The van der Waals surface area contributed by atoms with Crippen molar-refractivity contribution < 1.29 is 14.3 Å². The Bertz CT molecular complexity index is 483. The predicted molar refractivity (Wildman–Crippen MR) is 94.3 cm³/mol. The number of rotatable bonds is 7. The number of hydrogen-bond acceptors (Lipinski definition) is 4. The Kier molecular flexibility index (Phi) is 8.81. The normalized spacial score (nSPS) is 10.6. The molecule has 0 aliphatic rings. The summed E-state index contributed by atoms with van der Waals surface area (Å²) in [4.78, 5) is 12.3. The summed E-state index contributed by atoms with van der Waals surface area (Å²) >= 11 is 3.38. The third-order valence-corrected chi connectivity index (χ3v) is 4.50. The van der Waals surface area contributed by atoms with E-state index in [1.54, 1.807) is 26.4 Å². The quantitative estimate of drug-likeness (QED) is 0.744. The summed E-state index contributed by atoms with van der Waals surface area (Å²) in [7, 11) is 3.08. The van der Waals surface area contributed by atoms with Crippen LogP contribution in [-0.2, 0) is 0 Å². The molecule has 0 heterocycles. The summed E-state index contributed by atoms with van der Waals surface area (Å²) in [6.45, 7) is 4.46. The largest absolute Gasteiger partial charge is 0.495 e. The van der Waals surface area contributed by atoms with E-state index in [0.29, 0.717) is 28.1 Å². The lowest BCUT2D eigenvalue weighted by Crippen LogP contribution is -2.49. The second-order valence-corrected chi connectivity index (χ2v) is 5.74. The summed E-state index contributed by atoms with van der Waals surface area (Å²) < 4.78 is 11.1. The number of carbonyl (C=O) groups is 1. The molecule has 0 saturated carbocycles. The standard InChI is InChI=1S/C15H23BrN2O3.ClH/c1-5-15(17,6-2)9-18-14(19)10-7-11(20-3)13(16)12(8-10)21-4;/h7-8H,5-6,9,17H2,1-4H3,(H,18,19);1H. The Balaban J connectivity index is 0.00000441. The molecule has 0 saturated heterocycles. The van der Waals surface area contributed by atoms with E-state index in [-0.39, 0.29) is 23.9 Å². The lowest BCUT2D eigenvalue weighted by atomic mass is 9.94. The number of hydrogen-bond donors (Lipinski definition) is 2. The fourth-order valence-corrected chi connectivity index (χ4v) is 2.41. The van der Waals surface area contributed by atoms with Crippen LogP contribution < -0.4 is 20.5 Å². The van der Waals surface area contributed by atoms with E-state index in [0.717, 1.165) is 12.8 Å². The predicted octanol–water partition coefficient (Wildman–Crippen LogP) is 3.14. The average molecular weight is 396 g/mol. The van der Waals surface area contributed by atoms with E-state index >= 15 is 0 Å². The number of halogens is 2. The fraction of sp³-hybridized carbons (Fsp3) is 0.533. The topological polar surface area (TPSA) is 73.6 Å². The summed E-state index contributed by atoms with van der Waals surface area (Å²) in [6.07, 6.45) is 1.60. The van der Waals surface area contributed by atoms with Crippen molar-refractivity contribution in [3.63, 3.8) is 0 Å². The van der Waals surface area contributed by atoms with E-state index in [4.69, 9.17) is 15.2 Å². The maximum atomic E-state index is 12.3. The Morgan fingerprint density at radius 2 is 1.68 bits per heavy atom. The highest BCUT2D eigenvalue weighted by Gasteiger charge is 2.22. The molecule has 1 amide bonds. The third kappa shape index (κ3) is 5.04. The monoisotopic (exact) mass is 394 g/mol. The van der Waals surface area contributed by atoms with Crippen molar-refractivity contribution in [3.05, 3.63) is 22.2 Å². The Morgan fingerprint density at radius 1 is 1.23 bits per heavy atom. The number of methoxy groups -OCH3 is 2. The first-order valence-electron chi connectivity index (χ1n) is 6.89. The molecule has 0 aliphatic carbocycles. The minimum Gasteiger partial charge on any atom is -0.495 e. The van der Waals surface area contributed by atoms with E-state index in [9.17, 15) is 4.79 Å². The lowest BCUT2D eigenvalue weighted by Gasteiger charge is -2.26. The van der Waals surface area contributed by atoms with Crippen LogP contribution >= 0.6 is 28.3 Å². The van der Waals surface area contributed by atoms with Crippen molar-refractivity contribution in [2.24, 2.45) is 5.73 Å². The summed E-state index contributed by atoms with van der Waals surface area (Å²) in [5.41, 5.74) is 6.29. The summed E-state index contributed by atoms with van der Waals surface area (Å²) in [6, 6.07) is 3.33. The van der Waals surface area contributed by atoms with E-state index < -0.39 is 0 Å². The minimum atomic E-state index is -0.376. The highest BCUT2D eigenvalue weighted by molar-refractivity contribution is 9.10. The Morgan fingerprint density at radius 3 is 2.05 bits per heavy atom. The maximum absolute atomic E-state index is 12.3. The van der Waals surface area contributed by atoms with Gasteiger partial charge in [0, 0.05) is 17.6 Å². The first kappa shape index (κ1) is 21.0. The molecule has 0 spiro atoms. The molecular weight excluding hydrogens is 372 g/mol.